The molecule has 5 rings (SSSR count). The number of carbonyl (C=O) groups excluding carboxylic acids is 3. The van der Waals surface area contributed by atoms with E-state index in [1.165, 1.54) is 4.90 Å². The monoisotopic (exact) mass is 456 g/mol. The first-order valence-corrected chi connectivity index (χ1v) is 11.9. The van der Waals surface area contributed by atoms with E-state index in [0.29, 0.717) is 13.1 Å². The highest BCUT2D eigenvalue weighted by Crippen LogP contribution is 2.37. The van der Waals surface area contributed by atoms with Crippen LogP contribution in [-0.4, -0.2) is 38.9 Å². The van der Waals surface area contributed by atoms with E-state index in [0.717, 1.165) is 47.9 Å². The molecule has 1 saturated heterocycles. The first kappa shape index (κ1) is 22.1. The summed E-state index contributed by atoms with van der Waals surface area (Å²) in [6, 6.07) is 18.1. The lowest BCUT2D eigenvalue weighted by Gasteiger charge is -2.19. The Morgan fingerprint density at radius 3 is 2.32 bits per heavy atom. The van der Waals surface area contributed by atoms with E-state index >= 15 is 0 Å². The van der Waals surface area contributed by atoms with Crippen molar-refractivity contribution in [1.82, 2.24) is 20.0 Å². The maximum absolute atomic E-state index is 12.6. The lowest BCUT2D eigenvalue weighted by Crippen LogP contribution is -2.40. The van der Waals surface area contributed by atoms with E-state index in [9.17, 15) is 14.4 Å². The average molecular weight is 457 g/mol. The van der Waals surface area contributed by atoms with Gasteiger partial charge in [0.25, 0.3) is 0 Å². The molecule has 7 heteroatoms. The zero-order valence-electron chi connectivity index (χ0n) is 19.0. The number of imide groups is 1. The largest absolute Gasteiger partial charge is 0.350 e. The molecule has 1 N–H and O–H groups in total. The van der Waals surface area contributed by atoms with E-state index in [4.69, 9.17) is 0 Å². The number of amides is 3. The SMILES string of the molecule is O=C(CN1C(=O)C2CCCCC2C1=O)NCc1ccccc1-c1ccc(Cn2cccn2)cc1. The molecule has 7 nitrogen and oxygen atoms in total. The summed E-state index contributed by atoms with van der Waals surface area (Å²) in [4.78, 5) is 39.1. The van der Waals surface area contributed by atoms with E-state index in [1.54, 1.807) is 6.20 Å². The van der Waals surface area contributed by atoms with Crippen molar-refractivity contribution in [1.29, 1.82) is 0 Å². The predicted molar refractivity (Wildman–Crippen MR) is 127 cm³/mol. The van der Waals surface area contributed by atoms with Crippen LogP contribution in [0.1, 0.15) is 36.8 Å². The van der Waals surface area contributed by atoms with Crippen LogP contribution in [-0.2, 0) is 27.5 Å². The number of hydrogen-bond acceptors (Lipinski definition) is 4. The third-order valence-electron chi connectivity index (χ3n) is 6.90. The fraction of sp³-hybridized carbons (Fsp3) is 0.333. The van der Waals surface area contributed by atoms with Crippen molar-refractivity contribution in [2.45, 2.75) is 38.8 Å². The summed E-state index contributed by atoms with van der Waals surface area (Å²) in [5, 5.41) is 7.15. The zero-order valence-corrected chi connectivity index (χ0v) is 19.0. The fourth-order valence-electron chi connectivity index (χ4n) is 5.11. The average Bonchev–Trinajstić information content (AvgIpc) is 3.46. The molecule has 0 spiro atoms. The Bertz CT molecular complexity index is 1160. The summed E-state index contributed by atoms with van der Waals surface area (Å²) in [5.41, 5.74) is 4.22. The number of benzene rings is 2. The summed E-state index contributed by atoms with van der Waals surface area (Å²) in [7, 11) is 0. The molecular weight excluding hydrogens is 428 g/mol. The summed E-state index contributed by atoms with van der Waals surface area (Å²) < 4.78 is 1.88. The van der Waals surface area contributed by atoms with Crippen LogP contribution in [0.3, 0.4) is 0 Å². The molecular formula is C27H28N4O3. The van der Waals surface area contributed by atoms with Gasteiger partial charge in [-0.2, -0.15) is 5.10 Å². The topological polar surface area (TPSA) is 84.3 Å². The number of rotatable bonds is 7. The van der Waals surface area contributed by atoms with Crippen molar-refractivity contribution < 1.29 is 14.4 Å². The van der Waals surface area contributed by atoms with Gasteiger partial charge in [-0.1, -0.05) is 61.4 Å². The Hall–Kier alpha value is -3.74. The maximum atomic E-state index is 12.6. The lowest BCUT2D eigenvalue weighted by atomic mass is 9.81. The molecule has 0 radical (unpaired) electrons. The van der Waals surface area contributed by atoms with Gasteiger partial charge in [0.1, 0.15) is 6.54 Å². The van der Waals surface area contributed by atoms with E-state index in [-0.39, 0.29) is 36.1 Å². The molecule has 1 aliphatic heterocycles. The molecule has 2 atom stereocenters. The Labute approximate surface area is 198 Å². The molecule has 0 bridgehead atoms. The molecule has 2 heterocycles. The van der Waals surface area contributed by atoms with Crippen molar-refractivity contribution in [2.75, 3.05) is 6.54 Å². The number of likely N-dealkylation sites (tertiary alicyclic amines) is 1. The number of hydrogen-bond donors (Lipinski definition) is 1. The number of nitrogens with zero attached hydrogens (tertiary/aromatic N) is 3. The zero-order chi connectivity index (χ0) is 23.5. The van der Waals surface area contributed by atoms with Gasteiger partial charge in [-0.25, -0.2) is 0 Å². The van der Waals surface area contributed by atoms with E-state index in [2.05, 4.69) is 34.7 Å². The second-order valence-corrected chi connectivity index (χ2v) is 9.09. The molecule has 1 aromatic heterocycles. The minimum Gasteiger partial charge on any atom is -0.350 e. The summed E-state index contributed by atoms with van der Waals surface area (Å²) >= 11 is 0. The first-order chi connectivity index (χ1) is 16.6. The third kappa shape index (κ3) is 4.51. The molecule has 2 unspecified atom stereocenters. The van der Waals surface area contributed by atoms with Gasteiger partial charge in [0.15, 0.2) is 0 Å². The summed E-state index contributed by atoms with van der Waals surface area (Å²) in [6.07, 6.45) is 7.15. The fourth-order valence-corrected chi connectivity index (χ4v) is 5.11. The second-order valence-electron chi connectivity index (χ2n) is 9.09. The number of fused-ring (bicyclic) bond motifs is 1. The molecule has 1 aliphatic carbocycles. The predicted octanol–water partition coefficient (Wildman–Crippen LogP) is 3.39. The Morgan fingerprint density at radius 1 is 0.941 bits per heavy atom. The van der Waals surface area contributed by atoms with Crippen LogP contribution < -0.4 is 5.32 Å². The van der Waals surface area contributed by atoms with E-state index < -0.39 is 0 Å². The summed E-state index contributed by atoms with van der Waals surface area (Å²) in [5.74, 6) is -1.14. The molecule has 3 aromatic rings. The summed E-state index contributed by atoms with van der Waals surface area (Å²) in [6.45, 7) is 0.836. The molecule has 1 saturated carbocycles. The Kier molecular flexibility index (Phi) is 6.25. The Balaban J connectivity index is 1.22. The normalized spacial score (nSPS) is 19.8. The van der Waals surface area contributed by atoms with Gasteiger partial charge in [0, 0.05) is 18.9 Å². The number of carbonyl (C=O) groups is 3. The smallest absolute Gasteiger partial charge is 0.240 e. The van der Waals surface area contributed by atoms with Gasteiger partial charge in [-0.05, 0) is 41.2 Å². The van der Waals surface area contributed by atoms with Gasteiger partial charge >= 0.3 is 0 Å². The van der Waals surface area contributed by atoms with Gasteiger partial charge < -0.3 is 5.32 Å². The van der Waals surface area contributed by atoms with Crippen molar-refractivity contribution in [3.05, 3.63) is 78.1 Å². The molecule has 2 aliphatic rings. The molecule has 2 aromatic carbocycles. The molecule has 174 valence electrons. The van der Waals surface area contributed by atoms with Gasteiger partial charge in [-0.15, -0.1) is 0 Å². The lowest BCUT2D eigenvalue weighted by molar-refractivity contribution is -0.143. The van der Waals surface area contributed by atoms with Crippen LogP contribution in [0.25, 0.3) is 11.1 Å². The van der Waals surface area contributed by atoms with Crippen LogP contribution >= 0.6 is 0 Å². The van der Waals surface area contributed by atoms with Crippen molar-refractivity contribution in [3.63, 3.8) is 0 Å². The molecule has 3 amide bonds. The van der Waals surface area contributed by atoms with Gasteiger partial charge in [0.05, 0.1) is 18.4 Å². The number of aromatic nitrogens is 2. The minimum atomic E-state index is -0.315. The van der Waals surface area contributed by atoms with Crippen molar-refractivity contribution in [3.8, 4) is 11.1 Å². The highest BCUT2D eigenvalue weighted by molar-refractivity contribution is 6.07. The van der Waals surface area contributed by atoms with Gasteiger partial charge in [0.2, 0.25) is 17.7 Å². The van der Waals surface area contributed by atoms with E-state index in [1.807, 2.05) is 41.2 Å². The van der Waals surface area contributed by atoms with Crippen LogP contribution in [0.2, 0.25) is 0 Å². The highest BCUT2D eigenvalue weighted by atomic mass is 16.2. The first-order valence-electron chi connectivity index (χ1n) is 11.9. The molecule has 2 fully saturated rings. The van der Waals surface area contributed by atoms with Crippen LogP contribution in [0.5, 0.6) is 0 Å². The molecule has 34 heavy (non-hydrogen) atoms. The second kappa shape index (κ2) is 9.63. The quantitative estimate of drug-likeness (QED) is 0.553. The standard InChI is InChI=1S/C27H28N4O3/c32-25(18-31-26(33)23-8-3-4-9-24(23)27(31)34)28-16-21-6-1-2-7-22(21)20-12-10-19(11-13-20)17-30-15-5-14-29-30/h1-2,5-7,10-15,23-24H,3-4,8-9,16-18H2,(H,28,32). The van der Waals surface area contributed by atoms with Gasteiger partial charge in [-0.3, -0.25) is 24.0 Å². The Morgan fingerprint density at radius 2 is 1.65 bits per heavy atom. The van der Waals surface area contributed by atoms with Crippen molar-refractivity contribution in [2.24, 2.45) is 11.8 Å². The van der Waals surface area contributed by atoms with Crippen LogP contribution in [0.4, 0.5) is 0 Å². The number of nitrogens with one attached hydrogen (secondary N) is 1. The highest BCUT2D eigenvalue weighted by Gasteiger charge is 2.48. The maximum Gasteiger partial charge on any atom is 0.240 e. The minimum absolute atomic E-state index is 0.180. The third-order valence-corrected chi connectivity index (χ3v) is 6.90. The van der Waals surface area contributed by atoms with Crippen LogP contribution in [0, 0.1) is 11.8 Å². The van der Waals surface area contributed by atoms with Crippen LogP contribution in [0.15, 0.2) is 67.0 Å². The van der Waals surface area contributed by atoms with Crippen molar-refractivity contribution >= 4 is 17.7 Å².